The number of nitrogens with one attached hydrogen (secondary N) is 1. The zero-order chi connectivity index (χ0) is 11.3. The number of amides is 1. The van der Waals surface area contributed by atoms with Gasteiger partial charge < -0.3 is 10.1 Å². The maximum absolute atomic E-state index is 11.5. The summed E-state index contributed by atoms with van der Waals surface area (Å²) >= 11 is 6.00. The number of methoxy groups -OCH3 is 1. The Hall–Kier alpha value is -1.22. The number of rotatable bonds is 4. The molecule has 1 N–H and O–H groups in total. The third-order valence-corrected chi connectivity index (χ3v) is 2.42. The van der Waals surface area contributed by atoms with Gasteiger partial charge in [-0.1, -0.05) is 12.1 Å². The first kappa shape index (κ1) is 11.9. The molecular weight excluding hydrogens is 214 g/mol. The third kappa shape index (κ3) is 3.13. The normalized spacial score (nSPS) is 11.9. The van der Waals surface area contributed by atoms with Crippen molar-refractivity contribution in [3.05, 3.63) is 29.8 Å². The lowest BCUT2D eigenvalue weighted by Gasteiger charge is -2.10. The van der Waals surface area contributed by atoms with Gasteiger partial charge in [-0.05, 0) is 24.6 Å². The van der Waals surface area contributed by atoms with Gasteiger partial charge in [0.1, 0.15) is 11.1 Å². The van der Waals surface area contributed by atoms with E-state index in [1.54, 1.807) is 19.2 Å². The van der Waals surface area contributed by atoms with Crippen LogP contribution in [0.5, 0.6) is 5.75 Å². The van der Waals surface area contributed by atoms with Crippen LogP contribution in [-0.4, -0.2) is 19.6 Å². The number of benzene rings is 1. The first-order valence-electron chi connectivity index (χ1n) is 4.74. The van der Waals surface area contributed by atoms with E-state index in [9.17, 15) is 4.79 Å². The van der Waals surface area contributed by atoms with Crippen molar-refractivity contribution in [2.75, 3.05) is 13.7 Å². The molecule has 0 saturated carbocycles. The smallest absolute Gasteiger partial charge is 0.242 e. The predicted octanol–water partition coefficient (Wildman–Crippen LogP) is 2.11. The first-order chi connectivity index (χ1) is 7.19. The first-order valence-corrected chi connectivity index (χ1v) is 5.18. The summed E-state index contributed by atoms with van der Waals surface area (Å²) < 4.78 is 5.05. The van der Waals surface area contributed by atoms with Crippen molar-refractivity contribution in [2.24, 2.45) is 0 Å². The highest BCUT2D eigenvalue weighted by Crippen LogP contribution is 2.24. The van der Waals surface area contributed by atoms with Gasteiger partial charge >= 0.3 is 0 Å². The Bertz CT molecular complexity index is 341. The highest BCUT2D eigenvalue weighted by atomic mass is 35.5. The second-order valence-corrected chi connectivity index (χ2v) is 3.47. The van der Waals surface area contributed by atoms with Crippen molar-refractivity contribution in [1.29, 1.82) is 0 Å². The maximum atomic E-state index is 11.5. The van der Waals surface area contributed by atoms with E-state index < -0.39 is 5.38 Å². The van der Waals surface area contributed by atoms with Crippen molar-refractivity contribution >= 4 is 17.5 Å². The molecule has 1 amide bonds. The van der Waals surface area contributed by atoms with Crippen LogP contribution in [0.1, 0.15) is 17.9 Å². The Morgan fingerprint density at radius 1 is 1.60 bits per heavy atom. The molecule has 0 radical (unpaired) electrons. The molecule has 1 rings (SSSR count). The molecule has 82 valence electrons. The van der Waals surface area contributed by atoms with E-state index in [-0.39, 0.29) is 5.91 Å². The molecule has 0 saturated heterocycles. The minimum atomic E-state index is -0.667. The number of halogens is 1. The van der Waals surface area contributed by atoms with Gasteiger partial charge in [0.05, 0.1) is 7.11 Å². The Kier molecular flexibility index (Phi) is 4.43. The molecule has 1 aromatic rings. The molecule has 0 fully saturated rings. The minimum Gasteiger partial charge on any atom is -0.497 e. The minimum absolute atomic E-state index is 0.188. The lowest BCUT2D eigenvalue weighted by molar-refractivity contribution is -0.120. The average Bonchev–Trinajstić information content (AvgIpc) is 2.28. The molecule has 0 heterocycles. The van der Waals surface area contributed by atoms with Gasteiger partial charge in [0.15, 0.2) is 0 Å². The average molecular weight is 228 g/mol. The van der Waals surface area contributed by atoms with E-state index >= 15 is 0 Å². The Morgan fingerprint density at radius 2 is 2.33 bits per heavy atom. The SMILES string of the molecule is CCNC(=O)C(Cl)c1cccc(OC)c1. The van der Waals surface area contributed by atoms with E-state index in [2.05, 4.69) is 5.32 Å². The number of hydrogen-bond donors (Lipinski definition) is 1. The topological polar surface area (TPSA) is 38.3 Å². The number of hydrogen-bond acceptors (Lipinski definition) is 2. The van der Waals surface area contributed by atoms with Gasteiger partial charge in [-0.2, -0.15) is 0 Å². The quantitative estimate of drug-likeness (QED) is 0.801. The molecule has 0 aromatic heterocycles. The molecule has 3 nitrogen and oxygen atoms in total. The Balaban J connectivity index is 2.81. The van der Waals surface area contributed by atoms with Crippen LogP contribution in [0.15, 0.2) is 24.3 Å². The van der Waals surface area contributed by atoms with Crippen molar-refractivity contribution in [3.8, 4) is 5.75 Å². The van der Waals surface area contributed by atoms with Crippen LogP contribution in [0.2, 0.25) is 0 Å². The summed E-state index contributed by atoms with van der Waals surface area (Å²) in [6.45, 7) is 2.43. The molecule has 4 heteroatoms. The largest absolute Gasteiger partial charge is 0.497 e. The summed E-state index contributed by atoms with van der Waals surface area (Å²) in [6, 6.07) is 7.18. The fourth-order valence-corrected chi connectivity index (χ4v) is 1.43. The van der Waals surface area contributed by atoms with Crippen molar-refractivity contribution < 1.29 is 9.53 Å². The summed E-state index contributed by atoms with van der Waals surface area (Å²) in [5.74, 6) is 0.509. The number of carbonyl (C=O) groups excluding carboxylic acids is 1. The van der Waals surface area contributed by atoms with Crippen LogP contribution in [0.3, 0.4) is 0 Å². The molecule has 15 heavy (non-hydrogen) atoms. The molecule has 0 aliphatic heterocycles. The van der Waals surface area contributed by atoms with Gasteiger partial charge in [-0.15, -0.1) is 11.6 Å². The van der Waals surface area contributed by atoms with Crippen LogP contribution in [-0.2, 0) is 4.79 Å². The lowest BCUT2D eigenvalue weighted by atomic mass is 10.1. The Labute approximate surface area is 94.4 Å². The number of ether oxygens (including phenoxy) is 1. The summed E-state index contributed by atoms with van der Waals surface area (Å²) in [4.78, 5) is 11.5. The molecule has 0 bridgehead atoms. The second-order valence-electron chi connectivity index (χ2n) is 3.03. The van der Waals surface area contributed by atoms with Crippen LogP contribution in [0.25, 0.3) is 0 Å². The van der Waals surface area contributed by atoms with Gasteiger partial charge in [-0.25, -0.2) is 0 Å². The predicted molar refractivity (Wildman–Crippen MR) is 60.3 cm³/mol. The number of likely N-dealkylation sites (N-methyl/N-ethyl adjacent to an activating group) is 1. The van der Waals surface area contributed by atoms with Gasteiger partial charge in [0, 0.05) is 6.54 Å². The monoisotopic (exact) mass is 227 g/mol. The highest BCUT2D eigenvalue weighted by Gasteiger charge is 2.16. The standard InChI is InChI=1S/C11H14ClNO2/c1-3-13-11(14)10(12)8-5-4-6-9(7-8)15-2/h4-7,10H,3H2,1-2H3,(H,13,14). The fraction of sp³-hybridized carbons (Fsp3) is 0.364. The van der Waals surface area contributed by atoms with E-state index in [0.717, 1.165) is 5.56 Å². The van der Waals surface area contributed by atoms with Gasteiger partial charge in [-0.3, -0.25) is 4.79 Å². The summed E-state index contributed by atoms with van der Waals surface area (Å²) in [5.41, 5.74) is 0.738. The Morgan fingerprint density at radius 3 is 2.93 bits per heavy atom. The second kappa shape index (κ2) is 5.61. The summed E-state index contributed by atoms with van der Waals surface area (Å²) in [7, 11) is 1.58. The van der Waals surface area contributed by atoms with Crippen LogP contribution in [0, 0.1) is 0 Å². The van der Waals surface area contributed by atoms with E-state index in [1.165, 1.54) is 0 Å². The van der Waals surface area contributed by atoms with E-state index in [0.29, 0.717) is 12.3 Å². The summed E-state index contributed by atoms with van der Waals surface area (Å²) in [5, 5.41) is 2.00. The molecule has 0 aliphatic carbocycles. The molecule has 0 spiro atoms. The maximum Gasteiger partial charge on any atom is 0.242 e. The molecule has 1 unspecified atom stereocenters. The van der Waals surface area contributed by atoms with Gasteiger partial charge in [0.2, 0.25) is 5.91 Å². The van der Waals surface area contributed by atoms with Gasteiger partial charge in [0.25, 0.3) is 0 Å². The van der Waals surface area contributed by atoms with Crippen molar-refractivity contribution in [1.82, 2.24) is 5.32 Å². The number of alkyl halides is 1. The van der Waals surface area contributed by atoms with E-state index in [1.807, 2.05) is 19.1 Å². The molecule has 1 aromatic carbocycles. The van der Waals surface area contributed by atoms with E-state index in [4.69, 9.17) is 16.3 Å². The fourth-order valence-electron chi connectivity index (χ4n) is 1.21. The highest BCUT2D eigenvalue weighted by molar-refractivity contribution is 6.30. The van der Waals surface area contributed by atoms with Crippen molar-refractivity contribution in [3.63, 3.8) is 0 Å². The molecular formula is C11H14ClNO2. The zero-order valence-electron chi connectivity index (χ0n) is 8.79. The zero-order valence-corrected chi connectivity index (χ0v) is 9.54. The van der Waals surface area contributed by atoms with Crippen LogP contribution < -0.4 is 10.1 Å². The van der Waals surface area contributed by atoms with Crippen molar-refractivity contribution in [2.45, 2.75) is 12.3 Å². The molecule has 0 aliphatic rings. The third-order valence-electron chi connectivity index (χ3n) is 1.97. The van der Waals surface area contributed by atoms with Crippen LogP contribution >= 0.6 is 11.6 Å². The van der Waals surface area contributed by atoms with Crippen LogP contribution in [0.4, 0.5) is 0 Å². The lowest BCUT2D eigenvalue weighted by Crippen LogP contribution is -2.26. The molecule has 1 atom stereocenters. The number of carbonyl (C=O) groups is 1. The summed E-state index contributed by atoms with van der Waals surface area (Å²) in [6.07, 6.45) is 0.